The Hall–Kier alpha value is -0.240. The summed E-state index contributed by atoms with van der Waals surface area (Å²) in [7, 11) is 1.63. The summed E-state index contributed by atoms with van der Waals surface area (Å²) in [4.78, 5) is 0. The number of rotatable bonds is 9. The minimum absolute atomic E-state index is 0.0172. The zero-order chi connectivity index (χ0) is 11.6. The molecule has 6 heteroatoms. The first-order valence-electron chi connectivity index (χ1n) is 5.39. The van der Waals surface area contributed by atoms with Gasteiger partial charge < -0.3 is 28.8 Å². The normalized spacial score (nSPS) is 25.1. The largest absolute Gasteiger partial charge is 0.394 e. The number of aliphatic hydroxyl groups is 1. The molecule has 0 aromatic rings. The predicted octanol–water partition coefficient (Wildman–Crippen LogP) is -0.600. The van der Waals surface area contributed by atoms with Crippen LogP contribution in [0.25, 0.3) is 0 Å². The van der Waals surface area contributed by atoms with Gasteiger partial charge in [-0.1, -0.05) is 0 Å². The molecule has 1 heterocycles. The third-order valence-electron chi connectivity index (χ3n) is 2.07. The second-order valence-corrected chi connectivity index (χ2v) is 3.38. The lowest BCUT2D eigenvalue weighted by molar-refractivity contribution is -0.114. The van der Waals surface area contributed by atoms with Gasteiger partial charge in [0.25, 0.3) is 0 Å². The summed E-state index contributed by atoms with van der Waals surface area (Å²) in [5.41, 5.74) is 0. The molecule has 0 amide bonds. The Morgan fingerprint density at radius 3 is 2.62 bits per heavy atom. The molecular weight excluding hydrogens is 216 g/mol. The van der Waals surface area contributed by atoms with E-state index in [1.165, 1.54) is 0 Å². The summed E-state index contributed by atoms with van der Waals surface area (Å²) < 4.78 is 25.9. The van der Waals surface area contributed by atoms with Gasteiger partial charge >= 0.3 is 0 Å². The first kappa shape index (κ1) is 13.8. The average Bonchev–Trinajstić information content (AvgIpc) is 2.76. The van der Waals surface area contributed by atoms with Gasteiger partial charge in [0.2, 0.25) is 0 Å². The van der Waals surface area contributed by atoms with E-state index in [1.807, 2.05) is 0 Å². The van der Waals surface area contributed by atoms with Gasteiger partial charge in [-0.25, -0.2) is 0 Å². The third-order valence-corrected chi connectivity index (χ3v) is 2.07. The van der Waals surface area contributed by atoms with E-state index < -0.39 is 0 Å². The summed E-state index contributed by atoms with van der Waals surface area (Å²) in [5.74, 6) is 0. The highest BCUT2D eigenvalue weighted by atomic mass is 16.7. The number of ether oxygens (including phenoxy) is 5. The zero-order valence-electron chi connectivity index (χ0n) is 9.59. The van der Waals surface area contributed by atoms with Crippen molar-refractivity contribution >= 4 is 0 Å². The molecular formula is C10H20O6. The Bertz CT molecular complexity index is 165. The Morgan fingerprint density at radius 1 is 1.19 bits per heavy atom. The summed E-state index contributed by atoms with van der Waals surface area (Å²) in [6.45, 7) is 2.96. The lowest BCUT2D eigenvalue weighted by Gasteiger charge is -2.10. The van der Waals surface area contributed by atoms with Crippen LogP contribution in [-0.2, 0) is 23.7 Å². The van der Waals surface area contributed by atoms with Crippen molar-refractivity contribution in [3.8, 4) is 0 Å². The molecule has 1 saturated heterocycles. The van der Waals surface area contributed by atoms with Crippen LogP contribution in [0.3, 0.4) is 0 Å². The topological polar surface area (TPSA) is 66.4 Å². The van der Waals surface area contributed by atoms with Gasteiger partial charge in [0, 0.05) is 7.11 Å². The van der Waals surface area contributed by atoms with Gasteiger partial charge in [0.15, 0.2) is 6.29 Å². The molecule has 0 spiro atoms. The summed E-state index contributed by atoms with van der Waals surface area (Å²) in [6, 6.07) is 0. The fourth-order valence-electron chi connectivity index (χ4n) is 1.23. The molecule has 1 aliphatic heterocycles. The smallest absolute Gasteiger partial charge is 0.181 e. The van der Waals surface area contributed by atoms with E-state index in [0.29, 0.717) is 39.6 Å². The number of hydrogen-bond acceptors (Lipinski definition) is 6. The second kappa shape index (κ2) is 8.86. The van der Waals surface area contributed by atoms with Gasteiger partial charge in [-0.2, -0.15) is 0 Å². The monoisotopic (exact) mass is 236 g/mol. The van der Waals surface area contributed by atoms with Crippen LogP contribution >= 0.6 is 0 Å². The molecule has 0 saturated carbocycles. The highest BCUT2D eigenvalue weighted by Gasteiger charge is 2.25. The molecule has 1 N–H and O–H groups in total. The van der Waals surface area contributed by atoms with Crippen molar-refractivity contribution in [2.75, 3.05) is 53.4 Å². The highest BCUT2D eigenvalue weighted by molar-refractivity contribution is 4.63. The Labute approximate surface area is 95.4 Å². The van der Waals surface area contributed by atoms with E-state index in [9.17, 15) is 0 Å². The van der Waals surface area contributed by atoms with E-state index in [1.54, 1.807) is 7.11 Å². The van der Waals surface area contributed by atoms with Gasteiger partial charge in [0.1, 0.15) is 6.10 Å². The van der Waals surface area contributed by atoms with E-state index in [2.05, 4.69) is 0 Å². The van der Waals surface area contributed by atoms with Crippen LogP contribution in [0.1, 0.15) is 0 Å². The fraction of sp³-hybridized carbons (Fsp3) is 1.00. The summed E-state index contributed by atoms with van der Waals surface area (Å²) in [5, 5.41) is 8.80. The second-order valence-electron chi connectivity index (χ2n) is 3.38. The van der Waals surface area contributed by atoms with E-state index >= 15 is 0 Å². The maximum absolute atomic E-state index is 8.80. The zero-order valence-corrected chi connectivity index (χ0v) is 9.59. The van der Waals surface area contributed by atoms with Crippen molar-refractivity contribution < 1.29 is 28.8 Å². The summed E-state index contributed by atoms with van der Waals surface area (Å²) in [6.07, 6.45) is -0.581. The maximum Gasteiger partial charge on any atom is 0.181 e. The molecule has 0 radical (unpaired) electrons. The number of aliphatic hydroxyl groups excluding tert-OH is 1. The van der Waals surface area contributed by atoms with Crippen molar-refractivity contribution in [3.05, 3.63) is 0 Å². The van der Waals surface area contributed by atoms with E-state index in [0.717, 1.165) is 0 Å². The molecule has 2 unspecified atom stereocenters. The van der Waals surface area contributed by atoms with Gasteiger partial charge in [0.05, 0.1) is 46.2 Å². The molecule has 16 heavy (non-hydrogen) atoms. The van der Waals surface area contributed by atoms with Crippen LogP contribution in [0.15, 0.2) is 0 Å². The van der Waals surface area contributed by atoms with E-state index in [-0.39, 0.29) is 19.0 Å². The average molecular weight is 236 g/mol. The Morgan fingerprint density at radius 2 is 1.94 bits per heavy atom. The lowest BCUT2D eigenvalue weighted by Crippen LogP contribution is -2.21. The van der Waals surface area contributed by atoms with Gasteiger partial charge in [-0.05, 0) is 0 Å². The summed E-state index contributed by atoms with van der Waals surface area (Å²) >= 11 is 0. The highest BCUT2D eigenvalue weighted by Crippen LogP contribution is 2.10. The van der Waals surface area contributed by atoms with Crippen molar-refractivity contribution in [2.45, 2.75) is 12.4 Å². The van der Waals surface area contributed by atoms with Crippen LogP contribution < -0.4 is 0 Å². The molecule has 0 aromatic carbocycles. The van der Waals surface area contributed by atoms with Crippen LogP contribution in [0.5, 0.6) is 0 Å². The first-order chi connectivity index (χ1) is 7.86. The molecule has 96 valence electrons. The molecule has 6 nitrogen and oxygen atoms in total. The van der Waals surface area contributed by atoms with E-state index in [4.69, 9.17) is 28.8 Å². The number of methoxy groups -OCH3 is 1. The third kappa shape index (κ3) is 5.74. The molecule has 1 rings (SSSR count). The van der Waals surface area contributed by atoms with Crippen molar-refractivity contribution in [1.29, 1.82) is 0 Å². The molecule has 1 aliphatic rings. The molecule has 1 fully saturated rings. The lowest BCUT2D eigenvalue weighted by atomic mass is 10.4. The van der Waals surface area contributed by atoms with Crippen LogP contribution in [-0.4, -0.2) is 70.9 Å². The van der Waals surface area contributed by atoms with Crippen molar-refractivity contribution in [1.82, 2.24) is 0 Å². The predicted molar refractivity (Wildman–Crippen MR) is 55.2 cm³/mol. The number of hydrogen-bond donors (Lipinski definition) is 1. The van der Waals surface area contributed by atoms with Gasteiger partial charge in [-0.3, -0.25) is 0 Å². The van der Waals surface area contributed by atoms with Crippen LogP contribution in [0, 0.1) is 0 Å². The Kier molecular flexibility index (Phi) is 7.65. The minimum atomic E-state index is -0.365. The molecule has 0 bridgehead atoms. The first-order valence-corrected chi connectivity index (χ1v) is 5.39. The van der Waals surface area contributed by atoms with Gasteiger partial charge in [-0.15, -0.1) is 0 Å². The minimum Gasteiger partial charge on any atom is -0.394 e. The fourth-order valence-corrected chi connectivity index (χ4v) is 1.23. The standard InChI is InChI=1S/C10H20O6/c1-12-2-3-13-4-5-14-8-10-15-7-9(6-11)16-10/h9-11H,2-8H2,1H3. The van der Waals surface area contributed by atoms with Crippen LogP contribution in [0.2, 0.25) is 0 Å². The molecule has 2 atom stereocenters. The van der Waals surface area contributed by atoms with Crippen molar-refractivity contribution in [2.24, 2.45) is 0 Å². The quantitative estimate of drug-likeness (QED) is 0.539. The molecule has 0 aromatic heterocycles. The molecule has 0 aliphatic carbocycles. The maximum atomic E-state index is 8.80. The SMILES string of the molecule is COCCOCCOCC1OCC(CO)O1. The Balaban J connectivity index is 1.84. The van der Waals surface area contributed by atoms with Crippen LogP contribution in [0.4, 0.5) is 0 Å². The van der Waals surface area contributed by atoms with Crippen molar-refractivity contribution in [3.63, 3.8) is 0 Å².